The van der Waals surface area contributed by atoms with Gasteiger partial charge >= 0.3 is 0 Å². The van der Waals surface area contributed by atoms with E-state index in [0.717, 1.165) is 49.2 Å². The molecule has 4 rings (SSSR count). The van der Waals surface area contributed by atoms with Crippen LogP contribution in [0.1, 0.15) is 11.9 Å². The van der Waals surface area contributed by atoms with Crippen molar-refractivity contribution in [3.8, 4) is 5.75 Å². The Kier molecular flexibility index (Phi) is 5.19. The van der Waals surface area contributed by atoms with Gasteiger partial charge in [0.2, 0.25) is 0 Å². The third-order valence-electron chi connectivity index (χ3n) is 5.11. The van der Waals surface area contributed by atoms with Gasteiger partial charge in [0.25, 0.3) is 0 Å². The van der Waals surface area contributed by atoms with Crippen molar-refractivity contribution >= 4 is 34.6 Å². The Morgan fingerprint density at radius 3 is 2.68 bits per heavy atom. The third kappa shape index (κ3) is 3.55. The van der Waals surface area contributed by atoms with E-state index in [4.69, 9.17) is 16.3 Å². The molecule has 1 fully saturated rings. The molecule has 1 atom stereocenters. The van der Waals surface area contributed by atoms with Crippen LogP contribution in [0.4, 0.5) is 5.69 Å². The minimum absolute atomic E-state index is 0.434. The molecule has 0 radical (unpaired) electrons. The van der Waals surface area contributed by atoms with Gasteiger partial charge in [-0.2, -0.15) is 5.10 Å². The number of pyridine rings is 1. The molecule has 1 aliphatic heterocycles. The molecule has 2 aromatic heterocycles. The van der Waals surface area contributed by atoms with E-state index < -0.39 is 6.17 Å². The zero-order valence-corrected chi connectivity index (χ0v) is 16.6. The van der Waals surface area contributed by atoms with E-state index in [2.05, 4.69) is 19.9 Å². The average Bonchev–Trinajstić information content (AvgIpc) is 3.12. The van der Waals surface area contributed by atoms with Gasteiger partial charge in [0.05, 0.1) is 12.1 Å². The lowest BCUT2D eigenvalue weighted by Gasteiger charge is -2.38. The summed E-state index contributed by atoms with van der Waals surface area (Å²) in [6.45, 7) is 5.02. The number of hydrogen-bond donors (Lipinski definition) is 0. The number of rotatable bonds is 5. The highest BCUT2D eigenvalue weighted by Gasteiger charge is 2.26. The minimum Gasteiger partial charge on any atom is -0.495 e. The Hall–Kier alpha value is -2.64. The number of ether oxygens (including phenoxy) is 1. The van der Waals surface area contributed by atoms with Crippen LogP contribution in [0.5, 0.6) is 5.75 Å². The topological polar surface area (TPSA) is 63.5 Å². The lowest BCUT2D eigenvalue weighted by molar-refractivity contribution is -0.115. The summed E-state index contributed by atoms with van der Waals surface area (Å²) in [7, 11) is 1.61. The van der Waals surface area contributed by atoms with Crippen LogP contribution in [0.25, 0.3) is 11.0 Å². The van der Waals surface area contributed by atoms with Gasteiger partial charge in [0.15, 0.2) is 18.1 Å². The number of halogens is 1. The van der Waals surface area contributed by atoms with Gasteiger partial charge in [-0.25, -0.2) is 9.67 Å². The largest absolute Gasteiger partial charge is 0.495 e. The van der Waals surface area contributed by atoms with E-state index in [1.807, 2.05) is 43.5 Å². The second-order valence-electron chi connectivity index (χ2n) is 6.87. The van der Waals surface area contributed by atoms with Crippen molar-refractivity contribution in [2.45, 2.75) is 13.1 Å². The molecule has 1 saturated heterocycles. The van der Waals surface area contributed by atoms with E-state index in [1.165, 1.54) is 0 Å². The molecular weight excluding hydrogens is 378 g/mol. The number of carbonyl (C=O) groups excluding carboxylic acids is 1. The van der Waals surface area contributed by atoms with Crippen molar-refractivity contribution in [3.63, 3.8) is 0 Å². The first kappa shape index (κ1) is 18.7. The number of anilines is 1. The van der Waals surface area contributed by atoms with Crippen LogP contribution in [0.3, 0.4) is 0 Å². The fraction of sp³-hybridized carbons (Fsp3) is 0.350. The van der Waals surface area contributed by atoms with Gasteiger partial charge in [-0.05, 0) is 31.2 Å². The summed E-state index contributed by atoms with van der Waals surface area (Å²) in [6, 6.07) is 9.72. The summed E-state index contributed by atoms with van der Waals surface area (Å²) in [6.07, 6.45) is 2.40. The van der Waals surface area contributed by atoms with Crippen molar-refractivity contribution in [1.29, 1.82) is 0 Å². The van der Waals surface area contributed by atoms with Crippen LogP contribution in [-0.4, -0.2) is 59.2 Å². The fourth-order valence-electron chi connectivity index (χ4n) is 3.56. The van der Waals surface area contributed by atoms with Crippen molar-refractivity contribution in [2.75, 3.05) is 38.2 Å². The molecule has 3 heterocycles. The molecule has 0 aliphatic carbocycles. The Balaban J connectivity index is 1.49. The van der Waals surface area contributed by atoms with Crippen molar-refractivity contribution in [1.82, 2.24) is 19.7 Å². The Bertz CT molecular complexity index is 997. The third-order valence-corrected chi connectivity index (χ3v) is 5.42. The highest BCUT2D eigenvalue weighted by Crippen LogP contribution is 2.30. The Morgan fingerprint density at radius 1 is 1.18 bits per heavy atom. The molecule has 3 aromatic rings. The Labute approximate surface area is 168 Å². The molecule has 0 spiro atoms. The molecular formula is C20H22ClN5O2. The number of fused-ring (bicyclic) bond motifs is 1. The molecule has 1 aliphatic rings. The standard InChI is InChI=1S/C20H22ClN5O2/c1-14-3-4-15-12-26(23-20(15)22-14)19(13-27)25-9-7-24(8-10-25)16-5-6-17(21)18(11-16)28-2/h3-6,11-13,19H,7-10H2,1-2H3. The van der Waals surface area contributed by atoms with Crippen molar-refractivity contribution in [3.05, 3.63) is 47.2 Å². The number of aldehydes is 1. The van der Waals surface area contributed by atoms with Crippen LogP contribution >= 0.6 is 11.6 Å². The highest BCUT2D eigenvalue weighted by molar-refractivity contribution is 6.32. The van der Waals surface area contributed by atoms with Gasteiger partial charge in [-0.3, -0.25) is 9.69 Å². The van der Waals surface area contributed by atoms with E-state index >= 15 is 0 Å². The SMILES string of the molecule is COc1cc(N2CCN(C(C=O)n3cc4ccc(C)nc4n3)CC2)ccc1Cl. The van der Waals surface area contributed by atoms with E-state index in [1.54, 1.807) is 11.8 Å². The number of piperazine rings is 1. The molecule has 1 unspecified atom stereocenters. The smallest absolute Gasteiger partial charge is 0.181 e. The molecule has 0 bridgehead atoms. The maximum Gasteiger partial charge on any atom is 0.181 e. The first-order chi connectivity index (χ1) is 13.6. The van der Waals surface area contributed by atoms with Crippen LogP contribution in [0.15, 0.2) is 36.5 Å². The summed E-state index contributed by atoms with van der Waals surface area (Å²) in [5.41, 5.74) is 2.64. The number of nitrogens with zero attached hydrogens (tertiary/aromatic N) is 5. The number of benzene rings is 1. The molecule has 8 heteroatoms. The fourth-order valence-corrected chi connectivity index (χ4v) is 3.75. The number of methoxy groups -OCH3 is 1. The second-order valence-corrected chi connectivity index (χ2v) is 7.27. The molecule has 146 valence electrons. The zero-order valence-electron chi connectivity index (χ0n) is 15.9. The molecule has 28 heavy (non-hydrogen) atoms. The summed E-state index contributed by atoms with van der Waals surface area (Å²) in [4.78, 5) is 20.7. The van der Waals surface area contributed by atoms with Gasteiger partial charge in [0, 0.05) is 55.2 Å². The Morgan fingerprint density at radius 2 is 1.96 bits per heavy atom. The van der Waals surface area contributed by atoms with E-state index in [-0.39, 0.29) is 0 Å². The maximum absolute atomic E-state index is 11.9. The summed E-state index contributed by atoms with van der Waals surface area (Å²) in [5, 5.41) is 6.05. The molecule has 0 amide bonds. The maximum atomic E-state index is 11.9. The van der Waals surface area contributed by atoms with Crippen LogP contribution in [0.2, 0.25) is 5.02 Å². The molecule has 1 aromatic carbocycles. The lowest BCUT2D eigenvalue weighted by Crippen LogP contribution is -2.49. The first-order valence-electron chi connectivity index (χ1n) is 9.19. The van der Waals surface area contributed by atoms with Gasteiger partial charge < -0.3 is 9.64 Å². The summed E-state index contributed by atoms with van der Waals surface area (Å²) >= 11 is 6.12. The highest BCUT2D eigenvalue weighted by atomic mass is 35.5. The average molecular weight is 400 g/mol. The number of aromatic nitrogens is 3. The molecule has 0 N–H and O–H groups in total. The quantitative estimate of drug-likeness (QED) is 0.615. The predicted octanol–water partition coefficient (Wildman–Crippen LogP) is 2.92. The van der Waals surface area contributed by atoms with E-state index in [9.17, 15) is 4.79 Å². The van der Waals surface area contributed by atoms with Crippen molar-refractivity contribution in [2.24, 2.45) is 0 Å². The lowest BCUT2D eigenvalue weighted by atomic mass is 10.2. The van der Waals surface area contributed by atoms with Gasteiger partial charge in [-0.15, -0.1) is 0 Å². The normalized spacial score (nSPS) is 16.3. The van der Waals surface area contributed by atoms with Crippen molar-refractivity contribution < 1.29 is 9.53 Å². The number of aryl methyl sites for hydroxylation is 1. The minimum atomic E-state index is -0.434. The first-order valence-corrected chi connectivity index (χ1v) is 9.57. The summed E-state index contributed by atoms with van der Waals surface area (Å²) < 4.78 is 7.03. The zero-order chi connectivity index (χ0) is 19.7. The van der Waals surface area contributed by atoms with Gasteiger partial charge in [0.1, 0.15) is 5.75 Å². The van der Waals surface area contributed by atoms with Gasteiger partial charge in [-0.1, -0.05) is 11.6 Å². The molecule has 0 saturated carbocycles. The second kappa shape index (κ2) is 7.77. The summed E-state index contributed by atoms with van der Waals surface area (Å²) in [5.74, 6) is 0.665. The molecule has 7 nitrogen and oxygen atoms in total. The van der Waals surface area contributed by atoms with Crippen LogP contribution in [0, 0.1) is 6.92 Å². The number of carbonyl (C=O) groups is 1. The van der Waals surface area contributed by atoms with Crippen LogP contribution < -0.4 is 9.64 Å². The van der Waals surface area contributed by atoms with E-state index in [0.29, 0.717) is 16.4 Å². The number of hydrogen-bond acceptors (Lipinski definition) is 6. The van der Waals surface area contributed by atoms with Crippen LogP contribution in [-0.2, 0) is 4.79 Å². The monoisotopic (exact) mass is 399 g/mol. The predicted molar refractivity (Wildman–Crippen MR) is 109 cm³/mol.